The van der Waals surface area contributed by atoms with E-state index in [2.05, 4.69) is 17.3 Å². The Kier molecular flexibility index (Phi) is 6.12. The van der Waals surface area contributed by atoms with E-state index in [1.807, 2.05) is 66.5 Å². The van der Waals surface area contributed by atoms with Gasteiger partial charge in [-0.1, -0.05) is 48.5 Å². The Hall–Kier alpha value is -2.53. The van der Waals surface area contributed by atoms with Crippen LogP contribution in [0.4, 0.5) is 4.79 Å². The zero-order chi connectivity index (χ0) is 18.4. The van der Waals surface area contributed by atoms with Crippen molar-refractivity contribution < 1.29 is 9.53 Å². The Morgan fingerprint density at radius 1 is 1.19 bits per heavy atom. The molecule has 0 aromatic heterocycles. The molecule has 5 heteroatoms. The van der Waals surface area contributed by atoms with Gasteiger partial charge in [-0.15, -0.1) is 0 Å². The summed E-state index contributed by atoms with van der Waals surface area (Å²) in [4.78, 5) is 16.5. The third kappa shape index (κ3) is 4.76. The summed E-state index contributed by atoms with van der Waals surface area (Å²) in [5.41, 5.74) is 2.10. The molecule has 0 bridgehead atoms. The number of urea groups is 1. The van der Waals surface area contributed by atoms with Gasteiger partial charge in [0.2, 0.25) is 0 Å². The Bertz CT molecular complexity index is 720. The average Bonchev–Trinajstić information content (AvgIpc) is 3.11. The van der Waals surface area contributed by atoms with Crippen molar-refractivity contribution >= 4 is 6.03 Å². The van der Waals surface area contributed by atoms with Crippen LogP contribution in [-0.4, -0.2) is 49.1 Å². The molecule has 138 valence electrons. The van der Waals surface area contributed by atoms with Gasteiger partial charge in [0.15, 0.2) is 0 Å². The number of para-hydroxylation sites is 1. The summed E-state index contributed by atoms with van der Waals surface area (Å²) in [5, 5.41) is 3.02. The van der Waals surface area contributed by atoms with Crippen LogP contribution in [0.1, 0.15) is 17.5 Å². The van der Waals surface area contributed by atoms with Crippen LogP contribution in [0, 0.1) is 0 Å². The molecule has 1 aliphatic rings. The second-order valence-corrected chi connectivity index (χ2v) is 6.86. The fourth-order valence-electron chi connectivity index (χ4n) is 3.22. The van der Waals surface area contributed by atoms with Gasteiger partial charge >= 0.3 is 6.03 Å². The Balaban J connectivity index is 1.55. The maximum Gasteiger partial charge on any atom is 0.317 e. The van der Waals surface area contributed by atoms with Gasteiger partial charge in [-0.2, -0.15) is 0 Å². The number of likely N-dealkylation sites (N-methyl/N-ethyl adjacent to an activating group) is 2. The monoisotopic (exact) mass is 353 g/mol. The van der Waals surface area contributed by atoms with E-state index in [4.69, 9.17) is 4.74 Å². The first kappa shape index (κ1) is 18.3. The normalized spacial score (nSPS) is 17.1. The zero-order valence-electron chi connectivity index (χ0n) is 15.5. The van der Waals surface area contributed by atoms with Gasteiger partial charge in [0.1, 0.15) is 12.4 Å². The van der Waals surface area contributed by atoms with E-state index in [-0.39, 0.29) is 12.1 Å². The fourth-order valence-corrected chi connectivity index (χ4v) is 3.22. The molecule has 1 aliphatic heterocycles. The molecule has 26 heavy (non-hydrogen) atoms. The summed E-state index contributed by atoms with van der Waals surface area (Å²) in [5.74, 6) is 0.805. The molecule has 1 saturated heterocycles. The van der Waals surface area contributed by atoms with Gasteiger partial charge < -0.3 is 19.9 Å². The number of nitrogens with one attached hydrogen (secondary N) is 1. The van der Waals surface area contributed by atoms with E-state index in [9.17, 15) is 4.79 Å². The number of carbonyl (C=O) groups excluding carboxylic acids is 1. The van der Waals surface area contributed by atoms with Crippen molar-refractivity contribution in [3.05, 3.63) is 65.7 Å². The van der Waals surface area contributed by atoms with E-state index in [1.165, 1.54) is 0 Å². The zero-order valence-corrected chi connectivity index (χ0v) is 15.5. The molecule has 1 fully saturated rings. The second-order valence-electron chi connectivity index (χ2n) is 6.86. The summed E-state index contributed by atoms with van der Waals surface area (Å²) < 4.78 is 5.96. The van der Waals surface area contributed by atoms with E-state index in [0.29, 0.717) is 13.2 Å². The number of rotatable bonds is 6. The summed E-state index contributed by atoms with van der Waals surface area (Å²) in [6, 6.07) is 18.2. The summed E-state index contributed by atoms with van der Waals surface area (Å²) >= 11 is 0. The minimum atomic E-state index is -0.0387. The van der Waals surface area contributed by atoms with Crippen LogP contribution in [0.2, 0.25) is 0 Å². The molecule has 3 rings (SSSR count). The number of likely N-dealkylation sites (tertiary alicyclic amines) is 1. The number of ether oxygens (including phenoxy) is 1. The van der Waals surface area contributed by atoms with E-state index in [1.54, 1.807) is 0 Å². The first-order chi connectivity index (χ1) is 12.6. The van der Waals surface area contributed by atoms with Crippen molar-refractivity contribution in [1.29, 1.82) is 0 Å². The highest BCUT2D eigenvalue weighted by Crippen LogP contribution is 2.19. The average molecular weight is 353 g/mol. The maximum absolute atomic E-state index is 12.5. The molecule has 0 radical (unpaired) electrons. The van der Waals surface area contributed by atoms with E-state index >= 15 is 0 Å². The summed E-state index contributed by atoms with van der Waals surface area (Å²) in [6.07, 6.45) is 1.02. The topological polar surface area (TPSA) is 44.8 Å². The third-order valence-corrected chi connectivity index (χ3v) is 4.87. The lowest BCUT2D eigenvalue weighted by molar-refractivity contribution is 0.190. The lowest BCUT2D eigenvalue weighted by Crippen LogP contribution is -2.44. The first-order valence-electron chi connectivity index (χ1n) is 9.07. The van der Waals surface area contributed by atoms with Gasteiger partial charge in [0.05, 0.1) is 0 Å². The highest BCUT2D eigenvalue weighted by atomic mass is 16.5. The van der Waals surface area contributed by atoms with Crippen molar-refractivity contribution in [3.63, 3.8) is 0 Å². The molecular formula is C21H27N3O2. The first-order valence-corrected chi connectivity index (χ1v) is 9.07. The standard InChI is InChI=1S/C21H27N3O2/c1-23-13-12-19(15-23)24(2)21(25)22-14-18-10-6-7-11-20(18)26-16-17-8-4-3-5-9-17/h3-11,19H,12-16H2,1-2H3,(H,22,25)/t19-/m0/s1. The smallest absolute Gasteiger partial charge is 0.317 e. The summed E-state index contributed by atoms with van der Waals surface area (Å²) in [7, 11) is 3.96. The molecule has 2 aromatic carbocycles. The molecule has 5 nitrogen and oxygen atoms in total. The number of hydrogen-bond acceptors (Lipinski definition) is 3. The molecule has 1 heterocycles. The molecule has 0 saturated carbocycles. The maximum atomic E-state index is 12.5. The Morgan fingerprint density at radius 3 is 2.65 bits per heavy atom. The van der Waals surface area contributed by atoms with Gasteiger partial charge in [-0.25, -0.2) is 4.79 Å². The highest BCUT2D eigenvalue weighted by Gasteiger charge is 2.26. The molecule has 0 unspecified atom stereocenters. The predicted octanol–water partition coefficient (Wildman–Crippen LogP) is 3.11. The number of carbonyl (C=O) groups is 1. The molecule has 2 amide bonds. The lowest BCUT2D eigenvalue weighted by atomic mass is 10.2. The second kappa shape index (κ2) is 8.72. The van der Waals surface area contributed by atoms with Gasteiger partial charge in [0.25, 0.3) is 0 Å². The number of benzene rings is 2. The van der Waals surface area contributed by atoms with Crippen LogP contribution >= 0.6 is 0 Å². The van der Waals surface area contributed by atoms with Crippen LogP contribution in [0.25, 0.3) is 0 Å². The largest absolute Gasteiger partial charge is 0.489 e. The van der Waals surface area contributed by atoms with Crippen LogP contribution < -0.4 is 10.1 Å². The fraction of sp³-hybridized carbons (Fsp3) is 0.381. The van der Waals surface area contributed by atoms with E-state index in [0.717, 1.165) is 36.4 Å². The van der Waals surface area contributed by atoms with Gasteiger partial charge in [0, 0.05) is 31.7 Å². The number of nitrogens with zero attached hydrogens (tertiary/aromatic N) is 2. The molecule has 1 atom stereocenters. The van der Waals surface area contributed by atoms with Crippen molar-refractivity contribution in [2.75, 3.05) is 27.2 Å². The third-order valence-electron chi connectivity index (χ3n) is 4.87. The quantitative estimate of drug-likeness (QED) is 0.868. The van der Waals surface area contributed by atoms with E-state index < -0.39 is 0 Å². The predicted molar refractivity (Wildman–Crippen MR) is 103 cm³/mol. The van der Waals surface area contributed by atoms with Crippen molar-refractivity contribution in [1.82, 2.24) is 15.1 Å². The number of hydrogen-bond donors (Lipinski definition) is 1. The number of amides is 2. The summed E-state index contributed by atoms with van der Waals surface area (Å²) in [6.45, 7) is 2.94. The molecule has 0 spiro atoms. The minimum Gasteiger partial charge on any atom is -0.489 e. The SMILES string of the molecule is CN1CC[C@H](N(C)C(=O)NCc2ccccc2OCc2ccccc2)C1. The molecule has 0 aliphatic carbocycles. The Morgan fingerprint density at radius 2 is 1.92 bits per heavy atom. The van der Waals surface area contributed by atoms with Gasteiger partial charge in [-0.05, 0) is 31.6 Å². The van der Waals surface area contributed by atoms with Crippen LogP contribution in [0.15, 0.2) is 54.6 Å². The van der Waals surface area contributed by atoms with Crippen LogP contribution in [0.3, 0.4) is 0 Å². The molecular weight excluding hydrogens is 326 g/mol. The molecule has 2 aromatic rings. The Labute approximate surface area is 155 Å². The molecule has 1 N–H and O–H groups in total. The lowest BCUT2D eigenvalue weighted by Gasteiger charge is -2.25. The van der Waals surface area contributed by atoms with Crippen molar-refractivity contribution in [3.8, 4) is 5.75 Å². The van der Waals surface area contributed by atoms with Gasteiger partial charge in [-0.3, -0.25) is 0 Å². The van der Waals surface area contributed by atoms with Crippen molar-refractivity contribution in [2.24, 2.45) is 0 Å². The highest BCUT2D eigenvalue weighted by molar-refractivity contribution is 5.74. The van der Waals surface area contributed by atoms with Crippen LogP contribution in [0.5, 0.6) is 5.75 Å². The minimum absolute atomic E-state index is 0.0387. The van der Waals surface area contributed by atoms with Crippen LogP contribution in [-0.2, 0) is 13.2 Å². The van der Waals surface area contributed by atoms with Crippen molar-refractivity contribution in [2.45, 2.75) is 25.6 Å².